The molecule has 0 spiro atoms. The zero-order chi connectivity index (χ0) is 14.5. The van der Waals surface area contributed by atoms with Gasteiger partial charge in [-0.1, -0.05) is 19.1 Å². The molecule has 0 amide bonds. The van der Waals surface area contributed by atoms with E-state index in [4.69, 9.17) is 0 Å². The number of anilines is 1. The first-order chi connectivity index (χ1) is 8.81. The van der Waals surface area contributed by atoms with Crippen LogP contribution in [-0.2, 0) is 10.0 Å². The van der Waals surface area contributed by atoms with E-state index in [-0.39, 0.29) is 6.04 Å². The fraction of sp³-hybridized carbons (Fsp3) is 0.538. The Kier molecular flexibility index (Phi) is 6.16. The minimum atomic E-state index is -3.20. The summed E-state index contributed by atoms with van der Waals surface area (Å²) in [5, 5.41) is 4.04. The van der Waals surface area contributed by atoms with Crippen molar-refractivity contribution in [2.24, 2.45) is 0 Å². The Morgan fingerprint density at radius 1 is 1.21 bits per heavy atom. The lowest BCUT2D eigenvalue weighted by molar-refractivity contribution is 0.576. The van der Waals surface area contributed by atoms with Crippen molar-refractivity contribution < 1.29 is 8.42 Å². The molecule has 0 radical (unpaired) electrons. The van der Waals surface area contributed by atoms with E-state index in [1.165, 1.54) is 0 Å². The molecule has 1 aromatic carbocycles. The lowest BCUT2D eigenvalue weighted by atomic mass is 10.1. The maximum Gasteiger partial charge on any atom is 0.229 e. The Balaban J connectivity index is 2.60. The number of benzene rings is 1. The predicted octanol–water partition coefficient (Wildman–Crippen LogP) is 2.46. The number of nitrogens with one attached hydrogen (secondary N) is 2. The van der Waals surface area contributed by atoms with Gasteiger partial charge in [0.1, 0.15) is 0 Å². The molecule has 2 N–H and O–H groups in total. The monoisotopic (exact) mass is 302 g/mol. The van der Waals surface area contributed by atoms with Gasteiger partial charge in [0.25, 0.3) is 0 Å². The fourth-order valence-corrected chi connectivity index (χ4v) is 2.42. The maximum absolute atomic E-state index is 11.1. The molecule has 0 aliphatic carbocycles. The lowest BCUT2D eigenvalue weighted by Crippen LogP contribution is -2.25. The molecule has 0 aliphatic rings. The third kappa shape index (κ3) is 6.31. The van der Waals surface area contributed by atoms with Crippen molar-refractivity contribution in [2.45, 2.75) is 25.1 Å². The first-order valence-corrected chi connectivity index (χ1v) is 9.33. The molecule has 19 heavy (non-hydrogen) atoms. The largest absolute Gasteiger partial charge is 0.309 e. The quantitative estimate of drug-likeness (QED) is 0.812. The molecule has 1 rings (SSSR count). The van der Waals surface area contributed by atoms with Gasteiger partial charge in [-0.05, 0) is 30.9 Å². The second-order valence-electron chi connectivity index (χ2n) is 4.67. The van der Waals surface area contributed by atoms with E-state index in [9.17, 15) is 8.42 Å². The molecule has 4 nitrogen and oxygen atoms in total. The molecular formula is C13H22N2O2S2. The van der Waals surface area contributed by atoms with Gasteiger partial charge in [-0.25, -0.2) is 8.42 Å². The maximum atomic E-state index is 11.1. The van der Waals surface area contributed by atoms with Crippen LogP contribution >= 0.6 is 11.8 Å². The van der Waals surface area contributed by atoms with Gasteiger partial charge in [-0.2, -0.15) is 11.8 Å². The summed E-state index contributed by atoms with van der Waals surface area (Å²) in [5.74, 6) is 0. The molecular weight excluding hydrogens is 280 g/mol. The van der Waals surface area contributed by atoms with Gasteiger partial charge >= 0.3 is 0 Å². The zero-order valence-electron chi connectivity index (χ0n) is 11.8. The van der Waals surface area contributed by atoms with Gasteiger partial charge < -0.3 is 5.32 Å². The SMILES string of the molecule is CS[C@H](C)CN[C@H](C)c1ccc(NS(C)(=O)=O)cc1. The van der Waals surface area contributed by atoms with Crippen LogP contribution in [0.4, 0.5) is 5.69 Å². The third-order valence-corrected chi connectivity index (χ3v) is 4.41. The first kappa shape index (κ1) is 16.3. The lowest BCUT2D eigenvalue weighted by Gasteiger charge is -2.17. The van der Waals surface area contributed by atoms with Gasteiger partial charge in [0.15, 0.2) is 0 Å². The Bertz CT molecular complexity index is 486. The number of thioether (sulfide) groups is 1. The molecule has 0 bridgehead atoms. The average Bonchev–Trinajstić information content (AvgIpc) is 2.34. The van der Waals surface area contributed by atoms with Gasteiger partial charge in [-0.15, -0.1) is 0 Å². The number of hydrogen-bond donors (Lipinski definition) is 2. The van der Waals surface area contributed by atoms with Crippen molar-refractivity contribution in [1.29, 1.82) is 0 Å². The molecule has 0 aromatic heterocycles. The summed E-state index contributed by atoms with van der Waals surface area (Å²) in [6.07, 6.45) is 3.25. The molecule has 2 atom stereocenters. The molecule has 0 aliphatic heterocycles. The smallest absolute Gasteiger partial charge is 0.229 e. The van der Waals surface area contributed by atoms with Crippen molar-refractivity contribution in [2.75, 3.05) is 23.8 Å². The van der Waals surface area contributed by atoms with Crippen LogP contribution in [0.25, 0.3) is 0 Å². The van der Waals surface area contributed by atoms with E-state index >= 15 is 0 Å². The van der Waals surface area contributed by atoms with Crippen molar-refractivity contribution in [3.8, 4) is 0 Å². The van der Waals surface area contributed by atoms with Crippen molar-refractivity contribution in [1.82, 2.24) is 5.32 Å². The normalized spacial score (nSPS) is 14.9. The summed E-state index contributed by atoms with van der Waals surface area (Å²) in [6, 6.07) is 7.70. The van der Waals surface area contributed by atoms with Crippen LogP contribution in [0.2, 0.25) is 0 Å². The van der Waals surface area contributed by atoms with E-state index in [0.717, 1.165) is 18.4 Å². The van der Waals surface area contributed by atoms with Crippen molar-refractivity contribution >= 4 is 27.5 Å². The van der Waals surface area contributed by atoms with Crippen LogP contribution in [0.1, 0.15) is 25.5 Å². The molecule has 0 unspecified atom stereocenters. The van der Waals surface area contributed by atoms with E-state index in [0.29, 0.717) is 10.9 Å². The van der Waals surface area contributed by atoms with Crippen LogP contribution in [0.15, 0.2) is 24.3 Å². The number of hydrogen-bond acceptors (Lipinski definition) is 4. The highest BCUT2D eigenvalue weighted by atomic mass is 32.2. The van der Waals surface area contributed by atoms with E-state index in [1.807, 2.05) is 23.9 Å². The van der Waals surface area contributed by atoms with E-state index in [1.54, 1.807) is 12.1 Å². The van der Waals surface area contributed by atoms with Gasteiger partial charge in [-0.3, -0.25) is 4.72 Å². The second kappa shape index (κ2) is 7.17. The Morgan fingerprint density at radius 3 is 2.26 bits per heavy atom. The Morgan fingerprint density at radius 2 is 1.79 bits per heavy atom. The van der Waals surface area contributed by atoms with Crippen LogP contribution in [-0.4, -0.2) is 32.7 Å². The highest BCUT2D eigenvalue weighted by Gasteiger charge is 2.07. The highest BCUT2D eigenvalue weighted by molar-refractivity contribution is 7.99. The average molecular weight is 302 g/mol. The van der Waals surface area contributed by atoms with Crippen LogP contribution in [0, 0.1) is 0 Å². The molecule has 0 saturated carbocycles. The predicted molar refractivity (Wildman–Crippen MR) is 84.3 cm³/mol. The Labute approximate surface area is 120 Å². The van der Waals surface area contributed by atoms with Crippen molar-refractivity contribution in [3.63, 3.8) is 0 Å². The van der Waals surface area contributed by atoms with Gasteiger partial charge in [0, 0.05) is 23.5 Å². The summed E-state index contributed by atoms with van der Waals surface area (Å²) in [6.45, 7) is 5.24. The number of rotatable bonds is 7. The fourth-order valence-electron chi connectivity index (χ4n) is 1.60. The molecule has 1 aromatic rings. The van der Waals surface area contributed by atoms with Gasteiger partial charge in [0.05, 0.1) is 6.26 Å². The molecule has 0 saturated heterocycles. The summed E-state index contributed by atoms with van der Waals surface area (Å²) in [7, 11) is -3.20. The molecule has 0 fully saturated rings. The molecule has 6 heteroatoms. The van der Waals surface area contributed by atoms with Crippen LogP contribution in [0.5, 0.6) is 0 Å². The third-order valence-electron chi connectivity index (χ3n) is 2.83. The number of sulfonamides is 1. The van der Waals surface area contributed by atoms with E-state index in [2.05, 4.69) is 30.1 Å². The highest BCUT2D eigenvalue weighted by Crippen LogP contribution is 2.17. The minimum absolute atomic E-state index is 0.252. The van der Waals surface area contributed by atoms with Crippen LogP contribution < -0.4 is 10.0 Å². The summed E-state index contributed by atoms with van der Waals surface area (Å²) < 4.78 is 24.7. The minimum Gasteiger partial charge on any atom is -0.309 e. The zero-order valence-corrected chi connectivity index (χ0v) is 13.4. The second-order valence-corrected chi connectivity index (χ2v) is 7.70. The molecule has 0 heterocycles. The summed E-state index contributed by atoms with van der Waals surface area (Å²) >= 11 is 1.83. The summed E-state index contributed by atoms with van der Waals surface area (Å²) in [5.41, 5.74) is 1.74. The first-order valence-electron chi connectivity index (χ1n) is 6.15. The van der Waals surface area contributed by atoms with E-state index < -0.39 is 10.0 Å². The molecule has 108 valence electrons. The topological polar surface area (TPSA) is 58.2 Å². The van der Waals surface area contributed by atoms with Gasteiger partial charge in [0.2, 0.25) is 10.0 Å². The standard InChI is InChI=1S/C13H22N2O2S2/c1-10(18-3)9-14-11(2)12-5-7-13(8-6-12)15-19(4,16)17/h5-8,10-11,14-15H,9H2,1-4H3/t10-,11-/m1/s1. The Hall–Kier alpha value is -0.720. The van der Waals surface area contributed by atoms with Crippen molar-refractivity contribution in [3.05, 3.63) is 29.8 Å². The van der Waals surface area contributed by atoms with Crippen LogP contribution in [0.3, 0.4) is 0 Å². The summed E-state index contributed by atoms with van der Waals surface area (Å²) in [4.78, 5) is 0.